The average Bonchev–Trinajstić information content (AvgIpc) is 2.88. The van der Waals surface area contributed by atoms with Crippen LogP contribution in [0.2, 0.25) is 0 Å². The molecule has 0 aliphatic rings. The van der Waals surface area contributed by atoms with Crippen molar-refractivity contribution in [2.75, 3.05) is 7.11 Å². The molecule has 1 heterocycles. The van der Waals surface area contributed by atoms with Gasteiger partial charge in [0.1, 0.15) is 16.8 Å². The Hall–Kier alpha value is -2.19. The van der Waals surface area contributed by atoms with E-state index in [0.29, 0.717) is 10.4 Å². The molecule has 5 heteroatoms. The maximum atomic E-state index is 13.2. The number of rotatable bonds is 2. The number of carbonyl (C=O) groups excluding carboxylic acids is 1. The molecule has 0 aliphatic carbocycles. The van der Waals surface area contributed by atoms with E-state index in [4.69, 9.17) is 5.26 Å². The fourth-order valence-electron chi connectivity index (χ4n) is 1.47. The van der Waals surface area contributed by atoms with Crippen LogP contribution in [0.4, 0.5) is 4.39 Å². The zero-order valence-corrected chi connectivity index (χ0v) is 10.3. The fourth-order valence-corrected chi connectivity index (χ4v) is 2.39. The Balaban J connectivity index is 2.41. The Kier molecular flexibility index (Phi) is 3.40. The Morgan fingerprint density at radius 2 is 2.17 bits per heavy atom. The molecule has 1 aromatic carbocycles. The summed E-state index contributed by atoms with van der Waals surface area (Å²) in [5.74, 6) is -0.958. The number of esters is 1. The van der Waals surface area contributed by atoms with Crippen molar-refractivity contribution < 1.29 is 13.9 Å². The van der Waals surface area contributed by atoms with Gasteiger partial charge in [0.05, 0.1) is 12.7 Å². The standard InChI is InChI=1S/C13H8FNO2S/c1-17-13(16)12-5-4-11(18-12)8-2-3-10(14)9(6-8)7-15/h2-6H,1H3. The SMILES string of the molecule is COC(=O)c1ccc(-c2ccc(F)c(C#N)c2)s1. The molecule has 2 aromatic rings. The van der Waals surface area contributed by atoms with Crippen LogP contribution >= 0.6 is 11.3 Å². The second-order valence-electron chi connectivity index (χ2n) is 3.46. The lowest BCUT2D eigenvalue weighted by Crippen LogP contribution is -1.96. The van der Waals surface area contributed by atoms with Crippen LogP contribution < -0.4 is 0 Å². The monoisotopic (exact) mass is 261 g/mol. The predicted octanol–water partition coefficient (Wildman–Crippen LogP) is 3.21. The van der Waals surface area contributed by atoms with E-state index in [1.54, 1.807) is 24.3 Å². The lowest BCUT2D eigenvalue weighted by Gasteiger charge is -1.99. The van der Waals surface area contributed by atoms with Gasteiger partial charge in [-0.1, -0.05) is 6.07 Å². The molecular formula is C13H8FNO2S. The molecule has 3 nitrogen and oxygen atoms in total. The summed E-state index contributed by atoms with van der Waals surface area (Å²) in [4.78, 5) is 12.6. The van der Waals surface area contributed by atoms with Crippen molar-refractivity contribution in [1.29, 1.82) is 5.26 Å². The Labute approximate surface area is 107 Å². The smallest absolute Gasteiger partial charge is 0.348 e. The molecule has 0 bridgehead atoms. The van der Waals surface area contributed by atoms with E-state index in [1.807, 2.05) is 0 Å². The lowest BCUT2D eigenvalue weighted by atomic mass is 10.1. The second kappa shape index (κ2) is 4.98. The lowest BCUT2D eigenvalue weighted by molar-refractivity contribution is 0.0606. The molecule has 0 amide bonds. The first-order valence-electron chi connectivity index (χ1n) is 5.04. The number of halogens is 1. The number of ether oxygens (including phenoxy) is 1. The first kappa shape index (κ1) is 12.3. The molecule has 0 radical (unpaired) electrons. The van der Waals surface area contributed by atoms with E-state index in [0.717, 1.165) is 4.88 Å². The van der Waals surface area contributed by atoms with Crippen LogP contribution in [0.1, 0.15) is 15.2 Å². The molecule has 0 unspecified atom stereocenters. The summed E-state index contributed by atoms with van der Waals surface area (Å²) in [7, 11) is 1.31. The molecule has 0 saturated heterocycles. The zero-order valence-electron chi connectivity index (χ0n) is 9.44. The number of carbonyl (C=O) groups is 1. The molecule has 0 spiro atoms. The number of methoxy groups -OCH3 is 1. The third-order valence-electron chi connectivity index (χ3n) is 2.36. The number of hydrogen-bond donors (Lipinski definition) is 0. The number of benzene rings is 1. The van der Waals surface area contributed by atoms with Gasteiger partial charge < -0.3 is 4.74 Å². The predicted molar refractivity (Wildman–Crippen MR) is 65.8 cm³/mol. The van der Waals surface area contributed by atoms with Gasteiger partial charge in [0.2, 0.25) is 0 Å². The number of thiophene rings is 1. The molecule has 0 N–H and O–H groups in total. The van der Waals surface area contributed by atoms with E-state index >= 15 is 0 Å². The van der Waals surface area contributed by atoms with Gasteiger partial charge in [-0.05, 0) is 29.8 Å². The minimum atomic E-state index is -0.550. The number of nitriles is 1. The van der Waals surface area contributed by atoms with Crippen molar-refractivity contribution in [3.8, 4) is 16.5 Å². The van der Waals surface area contributed by atoms with Gasteiger partial charge in [-0.2, -0.15) is 5.26 Å². The first-order valence-corrected chi connectivity index (χ1v) is 5.85. The van der Waals surface area contributed by atoms with Gasteiger partial charge in [0, 0.05) is 4.88 Å². The van der Waals surface area contributed by atoms with Gasteiger partial charge in [-0.3, -0.25) is 0 Å². The van der Waals surface area contributed by atoms with E-state index in [2.05, 4.69) is 4.74 Å². The van der Waals surface area contributed by atoms with Gasteiger partial charge in [0.25, 0.3) is 0 Å². The summed E-state index contributed by atoms with van der Waals surface area (Å²) in [6.07, 6.45) is 0. The minimum Gasteiger partial charge on any atom is -0.465 e. The normalized spacial score (nSPS) is 9.83. The highest BCUT2D eigenvalue weighted by atomic mass is 32.1. The largest absolute Gasteiger partial charge is 0.465 e. The molecular weight excluding hydrogens is 253 g/mol. The molecule has 2 rings (SSSR count). The second-order valence-corrected chi connectivity index (χ2v) is 4.55. The van der Waals surface area contributed by atoms with E-state index in [-0.39, 0.29) is 5.56 Å². The molecule has 0 aliphatic heterocycles. The summed E-state index contributed by atoms with van der Waals surface area (Å²) in [6.45, 7) is 0. The Morgan fingerprint density at radius 1 is 1.39 bits per heavy atom. The number of hydrogen-bond acceptors (Lipinski definition) is 4. The highest BCUT2D eigenvalue weighted by Gasteiger charge is 2.11. The van der Waals surface area contributed by atoms with Crippen molar-refractivity contribution >= 4 is 17.3 Å². The molecule has 1 aromatic heterocycles. The van der Waals surface area contributed by atoms with E-state index in [9.17, 15) is 9.18 Å². The summed E-state index contributed by atoms with van der Waals surface area (Å²) >= 11 is 1.24. The van der Waals surface area contributed by atoms with Crippen LogP contribution in [-0.2, 0) is 4.74 Å². The minimum absolute atomic E-state index is 0.0134. The third-order valence-corrected chi connectivity index (χ3v) is 3.48. The summed E-state index contributed by atoms with van der Waals surface area (Å²) in [5.41, 5.74) is 0.689. The molecule has 0 saturated carbocycles. The van der Waals surface area contributed by atoms with Gasteiger partial charge in [-0.25, -0.2) is 9.18 Å². The quantitative estimate of drug-likeness (QED) is 0.780. The van der Waals surface area contributed by atoms with Crippen LogP contribution in [0.3, 0.4) is 0 Å². The maximum Gasteiger partial charge on any atom is 0.348 e. The highest BCUT2D eigenvalue weighted by molar-refractivity contribution is 7.17. The van der Waals surface area contributed by atoms with Crippen LogP contribution in [0.25, 0.3) is 10.4 Å². The van der Waals surface area contributed by atoms with Gasteiger partial charge in [0.15, 0.2) is 0 Å². The van der Waals surface area contributed by atoms with Crippen LogP contribution in [0, 0.1) is 17.1 Å². The van der Waals surface area contributed by atoms with Crippen LogP contribution in [0.15, 0.2) is 30.3 Å². The van der Waals surface area contributed by atoms with Crippen molar-refractivity contribution in [3.05, 3.63) is 46.6 Å². The fraction of sp³-hybridized carbons (Fsp3) is 0.0769. The van der Waals surface area contributed by atoms with Crippen molar-refractivity contribution in [2.24, 2.45) is 0 Å². The van der Waals surface area contributed by atoms with Crippen LogP contribution in [-0.4, -0.2) is 13.1 Å². The summed E-state index contributed by atoms with van der Waals surface area (Å²) < 4.78 is 17.8. The number of nitrogens with zero attached hydrogens (tertiary/aromatic N) is 1. The molecule has 18 heavy (non-hydrogen) atoms. The third kappa shape index (κ3) is 2.24. The average molecular weight is 261 g/mol. The Bertz CT molecular complexity index is 643. The molecule has 0 fully saturated rings. The van der Waals surface area contributed by atoms with Crippen LogP contribution in [0.5, 0.6) is 0 Å². The Morgan fingerprint density at radius 3 is 2.83 bits per heavy atom. The summed E-state index contributed by atoms with van der Waals surface area (Å²) in [5, 5.41) is 8.76. The maximum absolute atomic E-state index is 13.2. The van der Waals surface area contributed by atoms with E-state index < -0.39 is 11.8 Å². The zero-order chi connectivity index (χ0) is 13.1. The molecule has 90 valence electrons. The summed E-state index contributed by atoms with van der Waals surface area (Å²) in [6, 6.07) is 9.44. The van der Waals surface area contributed by atoms with Crippen molar-refractivity contribution in [2.45, 2.75) is 0 Å². The first-order chi connectivity index (χ1) is 8.65. The van der Waals surface area contributed by atoms with Crippen molar-refractivity contribution in [1.82, 2.24) is 0 Å². The topological polar surface area (TPSA) is 50.1 Å². The van der Waals surface area contributed by atoms with Gasteiger partial charge >= 0.3 is 5.97 Å². The van der Waals surface area contributed by atoms with E-state index in [1.165, 1.54) is 30.6 Å². The highest BCUT2D eigenvalue weighted by Crippen LogP contribution is 2.29. The molecule has 0 atom stereocenters. The van der Waals surface area contributed by atoms with Crippen molar-refractivity contribution in [3.63, 3.8) is 0 Å². The van der Waals surface area contributed by atoms with Gasteiger partial charge in [-0.15, -0.1) is 11.3 Å².